The number of carbonyl (C=O) groups excluding carboxylic acids is 1. The maximum Gasteiger partial charge on any atom is 0.255 e. The van der Waals surface area contributed by atoms with E-state index in [2.05, 4.69) is 25.6 Å². The third-order valence-corrected chi connectivity index (χ3v) is 5.91. The zero-order valence-corrected chi connectivity index (χ0v) is 19.1. The normalized spacial score (nSPS) is 15.0. The van der Waals surface area contributed by atoms with Gasteiger partial charge in [0.15, 0.2) is 11.6 Å². The summed E-state index contributed by atoms with van der Waals surface area (Å²) in [4.78, 5) is 25.2. The summed E-state index contributed by atoms with van der Waals surface area (Å²) in [6.07, 6.45) is 1.62. The number of halogens is 2. The Balaban J connectivity index is 1.77. The fraction of sp³-hybridized carbons (Fsp3) is 0.240. The quantitative estimate of drug-likeness (QED) is 0.355. The number of ether oxygens (including phenoxy) is 2. The summed E-state index contributed by atoms with van der Waals surface area (Å²) in [5, 5.41) is 5.90. The maximum atomic E-state index is 14.4. The molecule has 1 atom stereocenters. The lowest BCUT2D eigenvalue weighted by Crippen LogP contribution is -2.35. The predicted octanol–water partition coefficient (Wildman–Crippen LogP) is 4.71. The van der Waals surface area contributed by atoms with Crippen LogP contribution in [0.15, 0.2) is 42.6 Å². The van der Waals surface area contributed by atoms with Crippen LogP contribution in [0.25, 0.3) is 22.3 Å². The van der Waals surface area contributed by atoms with Gasteiger partial charge >= 0.3 is 0 Å². The van der Waals surface area contributed by atoms with E-state index in [4.69, 9.17) is 9.47 Å². The number of hydrogen-bond acceptors (Lipinski definition) is 6. The number of carbonyl (C=O) groups is 1. The fourth-order valence-corrected chi connectivity index (χ4v) is 4.31. The first-order valence-corrected chi connectivity index (χ1v) is 11.1. The molecule has 0 spiro atoms. The molecule has 0 radical (unpaired) electrons. The van der Waals surface area contributed by atoms with E-state index in [1.54, 1.807) is 30.5 Å². The second kappa shape index (κ2) is 9.21. The number of alkyl halides is 1. The molecule has 8 nitrogen and oxygen atoms in total. The molecule has 1 aliphatic rings. The number of anilines is 2. The highest BCUT2D eigenvalue weighted by Gasteiger charge is 2.33. The summed E-state index contributed by atoms with van der Waals surface area (Å²) in [7, 11) is 1.36. The maximum absolute atomic E-state index is 14.4. The summed E-state index contributed by atoms with van der Waals surface area (Å²) < 4.78 is 39.2. The van der Waals surface area contributed by atoms with Crippen LogP contribution in [0.1, 0.15) is 28.9 Å². The standard InChI is InChI=1S/C25H23F2N5O3/c1-3-35-18-8-7-16-21(31-18)14(9-10-28-16)22-23(30-17-6-4-5-15(27)24(17)34-2)19-20(32-22)13(11-26)12-29-25(19)33/h4-10,13,30,32H,3,11-12H2,1-2H3,(H,29,33)/t13-/m1/s1. The van der Waals surface area contributed by atoms with Crippen LogP contribution < -0.4 is 20.1 Å². The predicted molar refractivity (Wildman–Crippen MR) is 128 cm³/mol. The molecule has 0 fully saturated rings. The lowest BCUT2D eigenvalue weighted by Gasteiger charge is -2.21. The molecule has 0 unspecified atom stereocenters. The first-order valence-electron chi connectivity index (χ1n) is 11.1. The van der Waals surface area contributed by atoms with Gasteiger partial charge in [-0.2, -0.15) is 0 Å². The third kappa shape index (κ3) is 3.90. The second-order valence-electron chi connectivity index (χ2n) is 7.98. The summed E-state index contributed by atoms with van der Waals surface area (Å²) in [5.74, 6) is -1.08. The second-order valence-corrected chi connectivity index (χ2v) is 7.98. The molecular formula is C25H23F2N5O3. The minimum absolute atomic E-state index is 0.0111. The third-order valence-electron chi connectivity index (χ3n) is 5.91. The van der Waals surface area contributed by atoms with Gasteiger partial charge < -0.3 is 25.1 Å². The monoisotopic (exact) mass is 479 g/mol. The number of nitrogens with zero attached hydrogens (tertiary/aromatic N) is 2. The number of methoxy groups -OCH3 is 1. The van der Waals surface area contributed by atoms with E-state index in [-0.39, 0.29) is 23.8 Å². The van der Waals surface area contributed by atoms with Crippen LogP contribution in [0.5, 0.6) is 11.6 Å². The van der Waals surface area contributed by atoms with E-state index < -0.39 is 18.4 Å². The Morgan fingerprint density at radius 1 is 1.23 bits per heavy atom. The largest absolute Gasteiger partial charge is 0.492 e. The van der Waals surface area contributed by atoms with E-state index >= 15 is 0 Å². The number of aromatic nitrogens is 3. The van der Waals surface area contributed by atoms with Gasteiger partial charge in [-0.05, 0) is 31.2 Å². The Bertz CT molecular complexity index is 1420. The first-order chi connectivity index (χ1) is 17.0. The summed E-state index contributed by atoms with van der Waals surface area (Å²) >= 11 is 0. The molecule has 0 saturated carbocycles. The van der Waals surface area contributed by atoms with Crippen LogP contribution >= 0.6 is 0 Å². The van der Waals surface area contributed by atoms with Gasteiger partial charge in [-0.3, -0.25) is 14.2 Å². The summed E-state index contributed by atoms with van der Waals surface area (Å²) in [5.41, 5.74) is 3.63. The topological polar surface area (TPSA) is 101 Å². The van der Waals surface area contributed by atoms with E-state index in [0.29, 0.717) is 51.8 Å². The van der Waals surface area contributed by atoms with Crippen LogP contribution in [0.3, 0.4) is 0 Å². The van der Waals surface area contributed by atoms with Gasteiger partial charge in [0.1, 0.15) is 5.52 Å². The van der Waals surface area contributed by atoms with Crippen molar-refractivity contribution in [1.29, 1.82) is 0 Å². The molecule has 0 aliphatic carbocycles. The SMILES string of the molecule is CCOc1ccc2nccc(-c3[nH]c4c(c3Nc3cccc(F)c3OC)C(=O)NC[C@H]4CF)c2n1. The fourth-order valence-electron chi connectivity index (χ4n) is 4.31. The number of hydrogen-bond donors (Lipinski definition) is 3. The summed E-state index contributed by atoms with van der Waals surface area (Å²) in [6.45, 7) is 1.79. The van der Waals surface area contributed by atoms with Gasteiger partial charge in [0.05, 0.1) is 48.5 Å². The lowest BCUT2D eigenvalue weighted by molar-refractivity contribution is 0.0938. The van der Waals surface area contributed by atoms with Crippen LogP contribution in [0.4, 0.5) is 20.2 Å². The molecule has 1 aliphatic heterocycles. The zero-order chi connectivity index (χ0) is 24.5. The lowest BCUT2D eigenvalue weighted by atomic mass is 9.97. The van der Waals surface area contributed by atoms with E-state index in [9.17, 15) is 13.6 Å². The molecule has 1 amide bonds. The molecule has 5 rings (SSSR count). The molecule has 0 saturated heterocycles. The molecule has 4 heterocycles. The summed E-state index contributed by atoms with van der Waals surface area (Å²) in [6, 6.07) is 9.71. The average molecular weight is 479 g/mol. The Morgan fingerprint density at radius 3 is 2.86 bits per heavy atom. The Labute approximate surface area is 199 Å². The molecule has 1 aromatic carbocycles. The van der Waals surface area contributed by atoms with Crippen molar-refractivity contribution < 1.29 is 23.0 Å². The van der Waals surface area contributed by atoms with Gasteiger partial charge in [0, 0.05) is 36.0 Å². The minimum atomic E-state index is -0.667. The molecule has 35 heavy (non-hydrogen) atoms. The van der Waals surface area contributed by atoms with Crippen molar-refractivity contribution in [3.8, 4) is 22.9 Å². The van der Waals surface area contributed by atoms with Gasteiger partial charge in [-0.1, -0.05) is 6.07 Å². The molecule has 10 heteroatoms. The number of pyridine rings is 2. The van der Waals surface area contributed by atoms with Crippen molar-refractivity contribution in [1.82, 2.24) is 20.3 Å². The molecule has 0 bridgehead atoms. The van der Waals surface area contributed by atoms with Crippen molar-refractivity contribution in [2.45, 2.75) is 12.8 Å². The van der Waals surface area contributed by atoms with E-state index in [1.165, 1.54) is 19.2 Å². The van der Waals surface area contributed by atoms with Crippen LogP contribution in [-0.4, -0.2) is 47.8 Å². The number of para-hydroxylation sites is 1. The molecule has 4 aromatic rings. The Morgan fingerprint density at radius 2 is 2.09 bits per heavy atom. The number of fused-ring (bicyclic) bond motifs is 2. The van der Waals surface area contributed by atoms with Crippen LogP contribution in [0, 0.1) is 5.82 Å². The van der Waals surface area contributed by atoms with Gasteiger partial charge in [-0.15, -0.1) is 0 Å². The van der Waals surface area contributed by atoms with Gasteiger partial charge in [-0.25, -0.2) is 9.37 Å². The number of nitrogens with one attached hydrogen (secondary N) is 3. The Kier molecular flexibility index (Phi) is 5.94. The molecule has 3 N–H and O–H groups in total. The Hall–Kier alpha value is -4.21. The molecule has 3 aromatic heterocycles. The molecular weight excluding hydrogens is 456 g/mol. The van der Waals surface area contributed by atoms with Crippen LogP contribution in [-0.2, 0) is 0 Å². The highest BCUT2D eigenvalue weighted by Crippen LogP contribution is 2.43. The number of H-pyrrole nitrogens is 1. The smallest absolute Gasteiger partial charge is 0.255 e. The van der Waals surface area contributed by atoms with E-state index in [1.807, 2.05) is 6.92 Å². The van der Waals surface area contributed by atoms with Crippen molar-refractivity contribution in [3.63, 3.8) is 0 Å². The highest BCUT2D eigenvalue weighted by molar-refractivity contribution is 6.08. The number of rotatable bonds is 7. The molecule has 180 valence electrons. The highest BCUT2D eigenvalue weighted by atomic mass is 19.1. The first kappa shape index (κ1) is 22.6. The zero-order valence-electron chi connectivity index (χ0n) is 19.1. The minimum Gasteiger partial charge on any atom is -0.492 e. The van der Waals surface area contributed by atoms with Crippen molar-refractivity contribution in [2.24, 2.45) is 0 Å². The van der Waals surface area contributed by atoms with Crippen LogP contribution in [0.2, 0.25) is 0 Å². The van der Waals surface area contributed by atoms with E-state index in [0.717, 1.165) is 0 Å². The van der Waals surface area contributed by atoms with Gasteiger partial charge in [0.25, 0.3) is 5.91 Å². The number of benzene rings is 1. The van der Waals surface area contributed by atoms with Crippen molar-refractivity contribution in [3.05, 3.63) is 59.7 Å². The number of amides is 1. The number of aromatic amines is 1. The van der Waals surface area contributed by atoms with Crippen molar-refractivity contribution in [2.75, 3.05) is 32.3 Å². The average Bonchev–Trinajstić information content (AvgIpc) is 3.24. The van der Waals surface area contributed by atoms with Gasteiger partial charge in [0.2, 0.25) is 5.88 Å². The van der Waals surface area contributed by atoms with Crippen molar-refractivity contribution >= 4 is 28.3 Å².